The summed E-state index contributed by atoms with van der Waals surface area (Å²) < 4.78 is 16.8. The molecule has 0 N–H and O–H groups in total. The van der Waals surface area contributed by atoms with Gasteiger partial charge in [-0.05, 0) is 83.5 Å². The van der Waals surface area contributed by atoms with Crippen molar-refractivity contribution >= 4 is 17.9 Å². The zero-order valence-electron chi connectivity index (χ0n) is 48.9. The molecule has 0 spiro atoms. The van der Waals surface area contributed by atoms with Crippen molar-refractivity contribution in [2.75, 3.05) is 13.2 Å². The Kier molecular flexibility index (Phi) is 59.7. The van der Waals surface area contributed by atoms with Gasteiger partial charge in [-0.3, -0.25) is 14.4 Å². The Balaban J connectivity index is 3.99. The van der Waals surface area contributed by atoms with Crippen LogP contribution in [0.3, 0.4) is 0 Å². The highest BCUT2D eigenvalue weighted by Gasteiger charge is 2.19. The number of ether oxygens (including phenoxy) is 3. The molecular weight excluding hydrogens is 901 g/mol. The Bertz CT molecular complexity index is 1270. The third kappa shape index (κ3) is 60.1. The number of esters is 3. The fourth-order valence-electron chi connectivity index (χ4n) is 9.45. The van der Waals surface area contributed by atoms with E-state index in [0.717, 1.165) is 77.0 Å². The van der Waals surface area contributed by atoms with Gasteiger partial charge in [0.05, 0.1) is 0 Å². The van der Waals surface area contributed by atoms with E-state index in [1.807, 2.05) is 0 Å². The molecule has 0 aromatic heterocycles. The number of rotatable bonds is 59. The maximum atomic E-state index is 12.8. The predicted octanol–water partition coefficient (Wildman–Crippen LogP) is 21.8. The molecule has 0 amide bonds. The third-order valence-electron chi connectivity index (χ3n) is 14.3. The van der Waals surface area contributed by atoms with Gasteiger partial charge in [-0.15, -0.1) is 0 Å². The summed E-state index contributed by atoms with van der Waals surface area (Å²) in [4.78, 5) is 38.0. The molecule has 0 aromatic rings. The van der Waals surface area contributed by atoms with Crippen molar-refractivity contribution in [3.8, 4) is 0 Å². The molecule has 6 nitrogen and oxygen atoms in total. The lowest BCUT2D eigenvalue weighted by atomic mass is 10.0. The van der Waals surface area contributed by atoms with Crippen LogP contribution < -0.4 is 0 Å². The van der Waals surface area contributed by atoms with E-state index in [4.69, 9.17) is 14.2 Å². The highest BCUT2D eigenvalue weighted by atomic mass is 16.6. The molecule has 0 rings (SSSR count). The maximum Gasteiger partial charge on any atom is 0.306 e. The van der Waals surface area contributed by atoms with Crippen molar-refractivity contribution in [2.24, 2.45) is 0 Å². The first kappa shape index (κ1) is 70.4. The van der Waals surface area contributed by atoms with Crippen molar-refractivity contribution in [3.63, 3.8) is 0 Å². The van der Waals surface area contributed by atoms with Crippen LogP contribution in [0.5, 0.6) is 0 Å². The maximum absolute atomic E-state index is 12.8. The highest BCUT2D eigenvalue weighted by Crippen LogP contribution is 2.17. The molecule has 0 saturated carbocycles. The summed E-state index contributed by atoms with van der Waals surface area (Å²) in [7, 11) is 0. The summed E-state index contributed by atoms with van der Waals surface area (Å²) in [6, 6.07) is 0. The summed E-state index contributed by atoms with van der Waals surface area (Å²) >= 11 is 0. The van der Waals surface area contributed by atoms with Gasteiger partial charge in [0.2, 0.25) is 0 Å². The first-order valence-electron chi connectivity index (χ1n) is 32.1. The van der Waals surface area contributed by atoms with Gasteiger partial charge in [0.15, 0.2) is 6.10 Å². The van der Waals surface area contributed by atoms with Crippen LogP contribution in [0.15, 0.2) is 48.6 Å². The number of hydrogen-bond acceptors (Lipinski definition) is 6. The van der Waals surface area contributed by atoms with Crippen LogP contribution in [0.4, 0.5) is 0 Å². The molecule has 0 bridgehead atoms. The Hall–Kier alpha value is -2.63. The lowest BCUT2D eigenvalue weighted by molar-refractivity contribution is -0.167. The summed E-state index contributed by atoms with van der Waals surface area (Å²) in [6.45, 7) is 6.59. The van der Waals surface area contributed by atoms with E-state index >= 15 is 0 Å². The molecule has 0 aliphatic carbocycles. The molecular formula is C67H122O6. The normalized spacial score (nSPS) is 12.3. The quantitative estimate of drug-likeness (QED) is 0.0261. The van der Waals surface area contributed by atoms with Crippen LogP contribution in [-0.2, 0) is 28.6 Å². The van der Waals surface area contributed by atoms with Gasteiger partial charge in [0.25, 0.3) is 0 Å². The van der Waals surface area contributed by atoms with Crippen molar-refractivity contribution in [3.05, 3.63) is 48.6 Å². The SMILES string of the molecule is CCCCCC/C=C\C/C=C\CCCCCCCCCC(=O)OC(COC(=O)CCCCCCCC)COC(=O)CCCCCCCCCCCCCCCCCCCCC/C=C\C/C=C\CCCCCCC. The van der Waals surface area contributed by atoms with Crippen molar-refractivity contribution in [1.29, 1.82) is 0 Å². The molecule has 1 unspecified atom stereocenters. The first-order chi connectivity index (χ1) is 36.0. The third-order valence-corrected chi connectivity index (χ3v) is 14.3. The minimum absolute atomic E-state index is 0.0727. The molecule has 0 fully saturated rings. The van der Waals surface area contributed by atoms with Gasteiger partial charge in [0.1, 0.15) is 13.2 Å². The second-order valence-electron chi connectivity index (χ2n) is 21.7. The molecule has 6 heteroatoms. The van der Waals surface area contributed by atoms with Crippen molar-refractivity contribution in [1.82, 2.24) is 0 Å². The number of carbonyl (C=O) groups excluding carboxylic acids is 3. The van der Waals surface area contributed by atoms with Gasteiger partial charge < -0.3 is 14.2 Å². The number of unbranched alkanes of at least 4 members (excludes halogenated alkanes) is 40. The van der Waals surface area contributed by atoms with E-state index in [2.05, 4.69) is 69.4 Å². The van der Waals surface area contributed by atoms with Gasteiger partial charge >= 0.3 is 17.9 Å². The van der Waals surface area contributed by atoms with Gasteiger partial charge in [0, 0.05) is 19.3 Å². The van der Waals surface area contributed by atoms with Crippen molar-refractivity contribution < 1.29 is 28.6 Å². The summed E-state index contributed by atoms with van der Waals surface area (Å²) in [5, 5.41) is 0. The van der Waals surface area contributed by atoms with E-state index in [-0.39, 0.29) is 31.1 Å². The zero-order valence-corrected chi connectivity index (χ0v) is 48.9. The average Bonchev–Trinajstić information content (AvgIpc) is 3.39. The molecule has 0 heterocycles. The van der Waals surface area contributed by atoms with E-state index in [1.165, 1.54) is 225 Å². The average molecular weight is 1020 g/mol. The number of carbonyl (C=O) groups is 3. The molecule has 0 saturated heterocycles. The smallest absolute Gasteiger partial charge is 0.306 e. The fourth-order valence-corrected chi connectivity index (χ4v) is 9.45. The molecule has 1 atom stereocenters. The van der Waals surface area contributed by atoms with E-state index < -0.39 is 6.10 Å². The fraction of sp³-hybridized carbons (Fsp3) is 0.836. The standard InChI is InChI=1S/C67H122O6/c1-4-7-10-13-16-18-20-22-24-26-28-29-30-31-32-33-34-35-36-37-38-39-40-42-43-45-47-49-51-54-57-60-66(69)72-63-64(62-71-65(68)59-56-53-15-12-9-6-3)73-67(70)61-58-55-52-50-48-46-44-41-27-25-23-21-19-17-14-11-8-5-2/h19-22,25-28,64H,4-18,23-24,29-63H2,1-3H3/b21-19-,22-20-,27-25-,28-26-. The van der Waals surface area contributed by atoms with Crippen LogP contribution in [-0.4, -0.2) is 37.2 Å². The molecule has 73 heavy (non-hydrogen) atoms. The van der Waals surface area contributed by atoms with Gasteiger partial charge in [-0.1, -0.05) is 288 Å². The summed E-state index contributed by atoms with van der Waals surface area (Å²) in [5.41, 5.74) is 0. The molecule has 0 aliphatic rings. The first-order valence-corrected chi connectivity index (χ1v) is 32.1. The topological polar surface area (TPSA) is 78.9 Å². The Morgan fingerprint density at radius 3 is 0.767 bits per heavy atom. The zero-order chi connectivity index (χ0) is 52.9. The van der Waals surface area contributed by atoms with Crippen LogP contribution in [0.1, 0.15) is 342 Å². The Morgan fingerprint density at radius 2 is 0.493 bits per heavy atom. The Labute approximate surface area is 454 Å². The Morgan fingerprint density at radius 1 is 0.274 bits per heavy atom. The molecule has 0 radical (unpaired) electrons. The van der Waals surface area contributed by atoms with E-state index in [9.17, 15) is 14.4 Å². The van der Waals surface area contributed by atoms with E-state index in [0.29, 0.717) is 19.3 Å². The van der Waals surface area contributed by atoms with Gasteiger partial charge in [-0.2, -0.15) is 0 Å². The summed E-state index contributed by atoms with van der Waals surface area (Å²) in [5.74, 6) is -0.874. The van der Waals surface area contributed by atoms with Crippen LogP contribution in [0.2, 0.25) is 0 Å². The lowest BCUT2D eigenvalue weighted by Gasteiger charge is -2.18. The largest absolute Gasteiger partial charge is 0.462 e. The minimum atomic E-state index is -0.772. The second-order valence-corrected chi connectivity index (χ2v) is 21.7. The van der Waals surface area contributed by atoms with Crippen LogP contribution in [0, 0.1) is 0 Å². The van der Waals surface area contributed by atoms with E-state index in [1.54, 1.807) is 0 Å². The minimum Gasteiger partial charge on any atom is -0.462 e. The van der Waals surface area contributed by atoms with Crippen LogP contribution >= 0.6 is 0 Å². The number of allylic oxidation sites excluding steroid dienone is 8. The summed E-state index contributed by atoms with van der Waals surface area (Å²) in [6.07, 6.45) is 77.4. The predicted molar refractivity (Wildman–Crippen MR) is 316 cm³/mol. The molecule has 0 aromatic carbocycles. The molecule has 0 aliphatic heterocycles. The number of hydrogen-bond donors (Lipinski definition) is 0. The highest BCUT2D eigenvalue weighted by molar-refractivity contribution is 5.71. The second kappa shape index (κ2) is 61.9. The lowest BCUT2D eigenvalue weighted by Crippen LogP contribution is -2.30. The van der Waals surface area contributed by atoms with Crippen molar-refractivity contribution in [2.45, 2.75) is 348 Å². The van der Waals surface area contributed by atoms with Crippen LogP contribution in [0.25, 0.3) is 0 Å². The monoisotopic (exact) mass is 1020 g/mol. The molecule has 426 valence electrons. The van der Waals surface area contributed by atoms with Gasteiger partial charge in [-0.25, -0.2) is 0 Å².